The summed E-state index contributed by atoms with van der Waals surface area (Å²) in [5.74, 6) is 0.345. The van der Waals surface area contributed by atoms with Crippen LogP contribution in [0.5, 0.6) is 5.75 Å². The fourth-order valence-electron chi connectivity index (χ4n) is 2.31. The summed E-state index contributed by atoms with van der Waals surface area (Å²) in [6, 6.07) is 12.4. The zero-order valence-electron chi connectivity index (χ0n) is 11.7. The van der Waals surface area contributed by atoms with Crippen molar-refractivity contribution in [3.63, 3.8) is 0 Å². The summed E-state index contributed by atoms with van der Waals surface area (Å²) in [5.41, 5.74) is 7.70. The molecule has 1 aromatic heterocycles. The number of nitrogens with two attached hydrogens (primary N) is 1. The molecule has 0 radical (unpaired) electrons. The lowest BCUT2D eigenvalue weighted by atomic mass is 10.1. The Balaban J connectivity index is 1.85. The molecule has 108 valence electrons. The third-order valence-corrected chi connectivity index (χ3v) is 4.42. The molecule has 0 saturated heterocycles. The van der Waals surface area contributed by atoms with Gasteiger partial charge in [-0.25, -0.2) is 4.39 Å². The van der Waals surface area contributed by atoms with Crippen LogP contribution in [0.3, 0.4) is 0 Å². The topological polar surface area (TPSA) is 35.2 Å². The van der Waals surface area contributed by atoms with Crippen LogP contribution in [0.1, 0.15) is 24.1 Å². The van der Waals surface area contributed by atoms with Gasteiger partial charge in [0.1, 0.15) is 18.2 Å². The van der Waals surface area contributed by atoms with E-state index in [2.05, 4.69) is 17.5 Å². The highest BCUT2D eigenvalue weighted by molar-refractivity contribution is 7.17. The average Bonchev–Trinajstić information content (AvgIpc) is 2.89. The van der Waals surface area contributed by atoms with Gasteiger partial charge < -0.3 is 10.5 Å². The third kappa shape index (κ3) is 2.91. The van der Waals surface area contributed by atoms with Gasteiger partial charge in [0.15, 0.2) is 0 Å². The van der Waals surface area contributed by atoms with E-state index in [4.69, 9.17) is 10.5 Å². The summed E-state index contributed by atoms with van der Waals surface area (Å²) >= 11 is 1.70. The fraction of sp³-hybridized carbons (Fsp3) is 0.176. The predicted molar refractivity (Wildman–Crippen MR) is 85.2 cm³/mol. The molecule has 0 spiro atoms. The van der Waals surface area contributed by atoms with Crippen molar-refractivity contribution in [3.8, 4) is 5.75 Å². The lowest BCUT2D eigenvalue weighted by Crippen LogP contribution is -2.08. The van der Waals surface area contributed by atoms with Crippen molar-refractivity contribution in [2.45, 2.75) is 19.6 Å². The second-order valence-corrected chi connectivity index (χ2v) is 5.93. The molecule has 0 saturated carbocycles. The molecule has 2 aromatic carbocycles. The van der Waals surface area contributed by atoms with Gasteiger partial charge in [-0.15, -0.1) is 11.3 Å². The van der Waals surface area contributed by atoms with Crippen molar-refractivity contribution >= 4 is 21.4 Å². The molecule has 1 heterocycles. The Morgan fingerprint density at radius 2 is 2.05 bits per heavy atom. The van der Waals surface area contributed by atoms with Crippen LogP contribution in [0, 0.1) is 5.82 Å². The molecule has 2 N–H and O–H groups in total. The average molecular weight is 301 g/mol. The van der Waals surface area contributed by atoms with Crippen LogP contribution in [0.15, 0.2) is 47.8 Å². The number of halogens is 1. The highest BCUT2D eigenvalue weighted by atomic mass is 32.1. The molecule has 0 aliphatic carbocycles. The largest absolute Gasteiger partial charge is 0.489 e. The number of hydrogen-bond donors (Lipinski definition) is 1. The lowest BCUT2D eigenvalue weighted by Gasteiger charge is -2.14. The summed E-state index contributed by atoms with van der Waals surface area (Å²) in [5, 5.41) is 3.30. The van der Waals surface area contributed by atoms with E-state index >= 15 is 0 Å². The molecule has 1 atom stereocenters. The van der Waals surface area contributed by atoms with Crippen molar-refractivity contribution < 1.29 is 9.13 Å². The molecule has 3 aromatic rings. The van der Waals surface area contributed by atoms with E-state index in [9.17, 15) is 4.39 Å². The second kappa shape index (κ2) is 5.84. The molecule has 0 unspecified atom stereocenters. The van der Waals surface area contributed by atoms with Crippen LogP contribution >= 0.6 is 11.3 Å². The van der Waals surface area contributed by atoms with Gasteiger partial charge in [0.05, 0.1) is 0 Å². The normalized spacial score (nSPS) is 12.5. The quantitative estimate of drug-likeness (QED) is 0.762. The van der Waals surface area contributed by atoms with Crippen molar-refractivity contribution in [2.24, 2.45) is 5.73 Å². The first-order valence-corrected chi connectivity index (χ1v) is 7.66. The minimum atomic E-state index is -0.296. The molecule has 0 bridgehead atoms. The van der Waals surface area contributed by atoms with E-state index in [1.807, 2.05) is 19.1 Å². The van der Waals surface area contributed by atoms with E-state index in [1.165, 1.54) is 22.2 Å². The number of fused-ring (bicyclic) bond motifs is 1. The molecular weight excluding hydrogens is 285 g/mol. The van der Waals surface area contributed by atoms with Crippen LogP contribution in [0.4, 0.5) is 4.39 Å². The number of thiophene rings is 1. The predicted octanol–water partition coefficient (Wildman–Crippen LogP) is 4.64. The van der Waals surface area contributed by atoms with E-state index in [0.29, 0.717) is 17.9 Å². The van der Waals surface area contributed by atoms with Gasteiger partial charge in [0, 0.05) is 21.9 Å². The smallest absolute Gasteiger partial charge is 0.124 e. The molecule has 3 rings (SSSR count). The highest BCUT2D eigenvalue weighted by Crippen LogP contribution is 2.29. The third-order valence-electron chi connectivity index (χ3n) is 3.41. The van der Waals surface area contributed by atoms with Crippen LogP contribution in [-0.2, 0) is 6.61 Å². The number of ether oxygens (including phenoxy) is 1. The van der Waals surface area contributed by atoms with E-state index < -0.39 is 0 Å². The highest BCUT2D eigenvalue weighted by Gasteiger charge is 2.11. The Kier molecular flexibility index (Phi) is 3.90. The zero-order chi connectivity index (χ0) is 14.8. The first-order chi connectivity index (χ1) is 10.1. The zero-order valence-corrected chi connectivity index (χ0v) is 12.5. The maximum absolute atomic E-state index is 13.3. The van der Waals surface area contributed by atoms with Crippen molar-refractivity contribution in [3.05, 3.63) is 64.8 Å². The summed E-state index contributed by atoms with van der Waals surface area (Å²) < 4.78 is 20.4. The maximum Gasteiger partial charge on any atom is 0.124 e. The first kappa shape index (κ1) is 14.0. The lowest BCUT2D eigenvalue weighted by molar-refractivity contribution is 0.302. The van der Waals surface area contributed by atoms with Crippen LogP contribution in [0.2, 0.25) is 0 Å². The van der Waals surface area contributed by atoms with Gasteiger partial charge in [-0.2, -0.15) is 0 Å². The number of rotatable bonds is 4. The Bertz CT molecular complexity index is 766. The Labute approximate surface area is 127 Å². The molecule has 0 amide bonds. The number of benzene rings is 2. The molecule has 4 heteroatoms. The molecule has 2 nitrogen and oxygen atoms in total. The van der Waals surface area contributed by atoms with Gasteiger partial charge in [-0.1, -0.05) is 18.2 Å². The molecular formula is C17H16FNOS. The fourth-order valence-corrected chi connectivity index (χ4v) is 3.25. The molecule has 0 aliphatic heterocycles. The summed E-state index contributed by atoms with van der Waals surface area (Å²) in [4.78, 5) is 0. The molecule has 21 heavy (non-hydrogen) atoms. The Morgan fingerprint density at radius 3 is 2.86 bits per heavy atom. The van der Waals surface area contributed by atoms with Gasteiger partial charge in [0.2, 0.25) is 0 Å². The number of hydrogen-bond acceptors (Lipinski definition) is 3. The van der Waals surface area contributed by atoms with Gasteiger partial charge in [0.25, 0.3) is 0 Å². The second-order valence-electron chi connectivity index (χ2n) is 5.02. The Morgan fingerprint density at radius 1 is 1.24 bits per heavy atom. The molecule has 0 fully saturated rings. The van der Waals surface area contributed by atoms with Gasteiger partial charge in [-0.3, -0.25) is 0 Å². The summed E-state index contributed by atoms with van der Waals surface area (Å²) in [7, 11) is 0. The first-order valence-electron chi connectivity index (χ1n) is 6.78. The minimum absolute atomic E-state index is 0.269. The van der Waals surface area contributed by atoms with E-state index in [0.717, 1.165) is 5.56 Å². The van der Waals surface area contributed by atoms with Crippen molar-refractivity contribution in [1.82, 2.24) is 0 Å². The van der Waals surface area contributed by atoms with Crippen molar-refractivity contribution in [2.75, 3.05) is 0 Å². The van der Waals surface area contributed by atoms with E-state index in [1.54, 1.807) is 17.4 Å². The van der Waals surface area contributed by atoms with Crippen LogP contribution in [-0.4, -0.2) is 0 Å². The maximum atomic E-state index is 13.3. The van der Waals surface area contributed by atoms with Gasteiger partial charge in [-0.05, 0) is 42.0 Å². The Hall–Kier alpha value is -1.91. The SMILES string of the molecule is C[C@@H](N)c1cc(F)ccc1OCc1csc2ccccc12. The summed E-state index contributed by atoms with van der Waals surface area (Å²) in [6.07, 6.45) is 0. The monoisotopic (exact) mass is 301 g/mol. The van der Waals surface area contributed by atoms with Crippen molar-refractivity contribution in [1.29, 1.82) is 0 Å². The summed E-state index contributed by atoms with van der Waals surface area (Å²) in [6.45, 7) is 2.27. The van der Waals surface area contributed by atoms with Gasteiger partial charge >= 0.3 is 0 Å². The standard InChI is InChI=1S/C17H16FNOS/c1-11(19)15-8-13(18)6-7-16(15)20-9-12-10-21-17-5-3-2-4-14(12)17/h2-8,10-11H,9,19H2,1H3/t11-/m1/s1. The molecule has 0 aliphatic rings. The minimum Gasteiger partial charge on any atom is -0.489 e. The van der Waals surface area contributed by atoms with Crippen LogP contribution < -0.4 is 10.5 Å². The van der Waals surface area contributed by atoms with E-state index in [-0.39, 0.29) is 11.9 Å². The van der Waals surface area contributed by atoms with Crippen LogP contribution in [0.25, 0.3) is 10.1 Å².